The van der Waals surface area contributed by atoms with Crippen molar-refractivity contribution in [3.63, 3.8) is 0 Å². The Morgan fingerprint density at radius 1 is 1.42 bits per heavy atom. The van der Waals surface area contributed by atoms with Crippen molar-refractivity contribution in [2.24, 2.45) is 0 Å². The molecule has 0 aliphatic rings. The maximum absolute atomic E-state index is 13.8. The van der Waals surface area contributed by atoms with Crippen LogP contribution in [0.5, 0.6) is 0 Å². The van der Waals surface area contributed by atoms with E-state index < -0.39 is 23.0 Å². The topological polar surface area (TPSA) is 50.1 Å². The average molecular weight is 267 g/mol. The third kappa shape index (κ3) is 3.08. The van der Waals surface area contributed by atoms with E-state index in [2.05, 4.69) is 0 Å². The van der Waals surface area contributed by atoms with Crippen LogP contribution in [0, 0.1) is 23.0 Å². The van der Waals surface area contributed by atoms with Crippen LogP contribution in [0.25, 0.3) is 0 Å². The lowest BCUT2D eigenvalue weighted by molar-refractivity contribution is -0.150. The second-order valence-electron chi connectivity index (χ2n) is 4.31. The van der Waals surface area contributed by atoms with Crippen LogP contribution in [0.2, 0.25) is 0 Å². The summed E-state index contributed by atoms with van der Waals surface area (Å²) in [5, 5.41) is 8.64. The molecule has 0 saturated heterocycles. The fraction of sp³-hybridized carbons (Fsp3) is 0.429. The second-order valence-corrected chi connectivity index (χ2v) is 4.31. The van der Waals surface area contributed by atoms with Gasteiger partial charge in [-0.1, -0.05) is 6.07 Å². The summed E-state index contributed by atoms with van der Waals surface area (Å²) in [6.07, 6.45) is 0.00325. The van der Waals surface area contributed by atoms with E-state index in [1.807, 2.05) is 6.07 Å². The predicted molar refractivity (Wildman–Crippen MR) is 65.2 cm³/mol. The van der Waals surface area contributed by atoms with Gasteiger partial charge in [-0.15, -0.1) is 0 Å². The summed E-state index contributed by atoms with van der Waals surface area (Å²) in [4.78, 5) is 12.0. The Kier molecular flexibility index (Phi) is 4.99. The number of nitrogens with zero attached hydrogens (tertiary/aromatic N) is 1. The van der Waals surface area contributed by atoms with Crippen molar-refractivity contribution in [1.29, 1.82) is 5.26 Å². The van der Waals surface area contributed by atoms with Gasteiger partial charge in [0.25, 0.3) is 0 Å². The standard InChI is InChI=1S/C14H15F2NO2/c1-3-19-13(18)14(2,8-5-9-17)12-10(15)6-4-7-11(12)16/h4,6-7H,3,5,8H2,1-2H3. The van der Waals surface area contributed by atoms with E-state index in [1.54, 1.807) is 6.92 Å². The third-order valence-corrected chi connectivity index (χ3v) is 2.98. The minimum absolute atomic E-state index is 0.000185. The normalized spacial score (nSPS) is 13.4. The quantitative estimate of drug-likeness (QED) is 0.770. The minimum Gasteiger partial charge on any atom is -0.465 e. The molecule has 1 rings (SSSR count). The molecule has 1 unspecified atom stereocenters. The molecule has 1 aromatic carbocycles. The zero-order chi connectivity index (χ0) is 14.5. The van der Waals surface area contributed by atoms with Crippen molar-refractivity contribution >= 4 is 5.97 Å². The van der Waals surface area contributed by atoms with Gasteiger partial charge in [-0.3, -0.25) is 4.79 Å². The van der Waals surface area contributed by atoms with Gasteiger partial charge in [0.1, 0.15) is 11.6 Å². The third-order valence-electron chi connectivity index (χ3n) is 2.98. The summed E-state index contributed by atoms with van der Waals surface area (Å²) in [5.74, 6) is -2.35. The van der Waals surface area contributed by atoms with Crippen molar-refractivity contribution in [3.8, 4) is 6.07 Å². The molecule has 0 radical (unpaired) electrons. The molecular formula is C14H15F2NO2. The summed E-state index contributed by atoms with van der Waals surface area (Å²) in [5.41, 5.74) is -1.84. The number of halogens is 2. The first-order valence-electron chi connectivity index (χ1n) is 5.96. The Morgan fingerprint density at radius 2 is 2.00 bits per heavy atom. The van der Waals surface area contributed by atoms with Crippen LogP contribution in [0.1, 0.15) is 32.3 Å². The fourth-order valence-corrected chi connectivity index (χ4v) is 1.95. The number of ether oxygens (including phenoxy) is 1. The van der Waals surface area contributed by atoms with Gasteiger partial charge in [0, 0.05) is 12.0 Å². The lowest BCUT2D eigenvalue weighted by atomic mass is 9.78. The van der Waals surface area contributed by atoms with Crippen LogP contribution in [-0.2, 0) is 14.9 Å². The van der Waals surface area contributed by atoms with E-state index in [0.29, 0.717) is 0 Å². The van der Waals surface area contributed by atoms with Crippen molar-refractivity contribution in [2.45, 2.75) is 32.1 Å². The van der Waals surface area contributed by atoms with Crippen LogP contribution < -0.4 is 0 Å². The number of hydrogen-bond acceptors (Lipinski definition) is 3. The number of carbonyl (C=O) groups is 1. The number of hydrogen-bond donors (Lipinski definition) is 0. The molecule has 0 saturated carbocycles. The van der Waals surface area contributed by atoms with E-state index in [4.69, 9.17) is 10.00 Å². The Labute approximate surface area is 110 Å². The molecule has 0 aliphatic heterocycles. The molecule has 0 N–H and O–H groups in total. The Morgan fingerprint density at radius 3 is 2.47 bits per heavy atom. The molecule has 0 bridgehead atoms. The van der Waals surface area contributed by atoms with Crippen LogP contribution in [0.15, 0.2) is 18.2 Å². The molecular weight excluding hydrogens is 252 g/mol. The summed E-state index contributed by atoms with van der Waals surface area (Å²) < 4.78 is 32.6. The van der Waals surface area contributed by atoms with Gasteiger partial charge in [-0.05, 0) is 32.4 Å². The molecule has 0 spiro atoms. The molecule has 1 atom stereocenters. The molecule has 19 heavy (non-hydrogen) atoms. The fourth-order valence-electron chi connectivity index (χ4n) is 1.95. The smallest absolute Gasteiger partial charge is 0.316 e. The molecule has 0 heterocycles. The van der Waals surface area contributed by atoms with Crippen molar-refractivity contribution in [1.82, 2.24) is 0 Å². The Hall–Kier alpha value is -1.96. The zero-order valence-electron chi connectivity index (χ0n) is 10.9. The van der Waals surface area contributed by atoms with E-state index >= 15 is 0 Å². The van der Waals surface area contributed by atoms with E-state index in [9.17, 15) is 13.6 Å². The van der Waals surface area contributed by atoms with Gasteiger partial charge in [-0.25, -0.2) is 8.78 Å². The van der Waals surface area contributed by atoms with Crippen LogP contribution in [0.4, 0.5) is 8.78 Å². The predicted octanol–water partition coefficient (Wildman–Crippen LogP) is 3.09. The van der Waals surface area contributed by atoms with Crippen molar-refractivity contribution in [3.05, 3.63) is 35.4 Å². The molecule has 5 heteroatoms. The Balaban J connectivity index is 3.31. The van der Waals surface area contributed by atoms with Gasteiger partial charge < -0.3 is 4.74 Å². The van der Waals surface area contributed by atoms with Gasteiger partial charge in [0.2, 0.25) is 0 Å². The van der Waals surface area contributed by atoms with Crippen molar-refractivity contribution in [2.75, 3.05) is 6.61 Å². The largest absolute Gasteiger partial charge is 0.465 e. The average Bonchev–Trinajstić information content (AvgIpc) is 2.36. The minimum atomic E-state index is -1.50. The number of esters is 1. The summed E-state index contributed by atoms with van der Waals surface area (Å²) >= 11 is 0. The Bertz CT molecular complexity index is 490. The highest BCUT2D eigenvalue weighted by atomic mass is 19.1. The number of benzene rings is 1. The molecule has 0 amide bonds. The first-order chi connectivity index (χ1) is 8.97. The summed E-state index contributed by atoms with van der Waals surface area (Å²) in [6.45, 7) is 3.11. The maximum atomic E-state index is 13.8. The summed E-state index contributed by atoms with van der Waals surface area (Å²) in [7, 11) is 0. The van der Waals surface area contributed by atoms with Crippen molar-refractivity contribution < 1.29 is 18.3 Å². The van der Waals surface area contributed by atoms with Crippen LogP contribution in [-0.4, -0.2) is 12.6 Å². The maximum Gasteiger partial charge on any atom is 0.316 e. The monoisotopic (exact) mass is 267 g/mol. The SMILES string of the molecule is CCOC(=O)C(C)(CCC#N)c1c(F)cccc1F. The molecule has 0 aromatic heterocycles. The highest BCUT2D eigenvalue weighted by Gasteiger charge is 2.40. The van der Waals surface area contributed by atoms with Gasteiger partial charge in [0.05, 0.1) is 18.1 Å². The van der Waals surface area contributed by atoms with Crippen LogP contribution in [0.3, 0.4) is 0 Å². The van der Waals surface area contributed by atoms with E-state index in [0.717, 1.165) is 12.1 Å². The van der Waals surface area contributed by atoms with Crippen LogP contribution >= 0.6 is 0 Å². The lowest BCUT2D eigenvalue weighted by Crippen LogP contribution is -2.36. The summed E-state index contributed by atoms with van der Waals surface area (Å²) in [6, 6.07) is 5.27. The second kappa shape index (κ2) is 6.28. The number of rotatable bonds is 5. The number of carbonyl (C=O) groups excluding carboxylic acids is 1. The van der Waals surface area contributed by atoms with Gasteiger partial charge in [-0.2, -0.15) is 5.26 Å². The highest BCUT2D eigenvalue weighted by molar-refractivity contribution is 5.83. The first-order valence-corrected chi connectivity index (χ1v) is 5.96. The van der Waals surface area contributed by atoms with Gasteiger partial charge >= 0.3 is 5.97 Å². The molecule has 0 fully saturated rings. The number of nitriles is 1. The molecule has 0 aliphatic carbocycles. The molecule has 1 aromatic rings. The van der Waals surface area contributed by atoms with E-state index in [1.165, 1.54) is 13.0 Å². The zero-order valence-corrected chi connectivity index (χ0v) is 10.9. The highest BCUT2D eigenvalue weighted by Crippen LogP contribution is 2.34. The van der Waals surface area contributed by atoms with Gasteiger partial charge in [0.15, 0.2) is 0 Å². The van der Waals surface area contributed by atoms with E-state index in [-0.39, 0.29) is 25.0 Å². The lowest BCUT2D eigenvalue weighted by Gasteiger charge is -2.27. The molecule has 102 valence electrons. The first kappa shape index (κ1) is 15.1. The molecule has 3 nitrogen and oxygen atoms in total.